The molecule has 12 heteroatoms. The van der Waals surface area contributed by atoms with Gasteiger partial charge in [-0.25, -0.2) is 0 Å². The number of hydrogen-bond acceptors (Lipinski definition) is 12. The van der Waals surface area contributed by atoms with Gasteiger partial charge in [0.1, 0.15) is 30.5 Å². The molecule has 0 saturated carbocycles. The van der Waals surface area contributed by atoms with Crippen LogP contribution in [0.4, 0.5) is 0 Å². The summed E-state index contributed by atoms with van der Waals surface area (Å²) in [4.78, 5) is 20.1. The molecule has 0 bridgehead atoms. The van der Waals surface area contributed by atoms with Crippen LogP contribution in [-0.2, 0) is 23.7 Å². The third kappa shape index (κ3) is 9.54. The molecule has 2 aromatic rings. The van der Waals surface area contributed by atoms with Crippen molar-refractivity contribution in [1.29, 1.82) is 0 Å². The number of esters is 1. The van der Waals surface area contributed by atoms with E-state index >= 15 is 0 Å². The van der Waals surface area contributed by atoms with E-state index in [4.69, 9.17) is 18.9 Å². The number of carbonyl (C=O) groups excluding carboxylic acids is 1. The molecule has 0 aliphatic carbocycles. The van der Waals surface area contributed by atoms with Crippen LogP contribution >= 0.6 is 0 Å². The molecule has 1 saturated heterocycles. The first-order chi connectivity index (χ1) is 19.3. The Morgan fingerprint density at radius 3 is 2.02 bits per heavy atom. The van der Waals surface area contributed by atoms with Gasteiger partial charge in [-0.15, -0.1) is 0 Å². The largest absolute Gasteiger partial charge is 0.457 e. The maximum Gasteiger partial charge on any atom is 0.303 e. The number of aliphatic hydroxyl groups excluding tert-OH is 5. The first-order valence-corrected chi connectivity index (χ1v) is 12.8. The molecule has 0 unspecified atom stereocenters. The van der Waals surface area contributed by atoms with E-state index in [0.29, 0.717) is 0 Å². The highest BCUT2D eigenvalue weighted by atomic mass is 16.7. The molecule has 2 aromatic carbocycles. The van der Waals surface area contributed by atoms with E-state index in [1.165, 1.54) is 0 Å². The smallest absolute Gasteiger partial charge is 0.303 e. The molecule has 1 fully saturated rings. The molecule has 0 radical (unpaired) electrons. The second kappa shape index (κ2) is 16.3. The minimum absolute atomic E-state index is 0.0999. The molecule has 0 spiro atoms. The Hall–Kier alpha value is -3.07. The van der Waals surface area contributed by atoms with Crippen LogP contribution in [0.1, 0.15) is 18.1 Å². The number of hydrogen-bond donors (Lipinski definition) is 5. The summed E-state index contributed by atoms with van der Waals surface area (Å²) < 4.78 is 22.1. The average molecular weight is 561 g/mol. The monoisotopic (exact) mass is 560 g/mol. The van der Waals surface area contributed by atoms with Crippen LogP contribution in [0.3, 0.4) is 0 Å². The first-order valence-electron chi connectivity index (χ1n) is 12.8. The Balaban J connectivity index is 1.75. The van der Waals surface area contributed by atoms with Gasteiger partial charge in [0, 0.05) is 19.4 Å². The molecule has 1 heterocycles. The van der Waals surface area contributed by atoms with Gasteiger partial charge in [0.05, 0.1) is 26.3 Å². The summed E-state index contributed by atoms with van der Waals surface area (Å²) in [7, 11) is 0. The third-order valence-corrected chi connectivity index (χ3v) is 5.99. The van der Waals surface area contributed by atoms with Crippen LogP contribution in [0.25, 0.3) is 0 Å². The SMILES string of the molecule is CC(=O)O[C@H]1[C@H](O)[C@@H](O[C@H](CN=Cc2ccccc2)[C@@H](CO)O[C@@H](O)CN=Cc2ccccc2)O[C@@H](CO)[C@@H]1O. The Morgan fingerprint density at radius 2 is 1.50 bits per heavy atom. The predicted octanol–water partition coefficient (Wildman–Crippen LogP) is -0.324. The van der Waals surface area contributed by atoms with Crippen molar-refractivity contribution in [1.82, 2.24) is 0 Å². The van der Waals surface area contributed by atoms with Gasteiger partial charge in [0.2, 0.25) is 0 Å². The van der Waals surface area contributed by atoms with Crippen molar-refractivity contribution in [2.75, 3.05) is 26.3 Å². The standard InChI is InChI=1S/C28H36N2O10/c1-18(33)37-27-25(35)23(17-32)40-28(26(27)36)39-21(14-29-12-19-8-4-2-5-9-19)22(16-31)38-24(34)15-30-13-20-10-6-3-7-11-20/h2-13,21-28,31-32,34-36H,14-17H2,1H3/t21-,22-,23+,24-,25+,26+,27-,28+/m1/s1. The molecule has 1 aliphatic heterocycles. The Bertz CT molecular complexity index is 1070. The van der Waals surface area contributed by atoms with Crippen LogP contribution < -0.4 is 0 Å². The molecule has 12 nitrogen and oxygen atoms in total. The molecule has 5 N–H and O–H groups in total. The van der Waals surface area contributed by atoms with Crippen LogP contribution in [0.2, 0.25) is 0 Å². The summed E-state index contributed by atoms with van der Waals surface area (Å²) in [6.07, 6.45) is -7.89. The molecule has 3 rings (SSSR count). The van der Waals surface area contributed by atoms with Crippen molar-refractivity contribution < 1.29 is 49.3 Å². The predicted molar refractivity (Wildman–Crippen MR) is 144 cm³/mol. The minimum Gasteiger partial charge on any atom is -0.457 e. The van der Waals surface area contributed by atoms with Crippen LogP contribution in [0.5, 0.6) is 0 Å². The lowest BCUT2D eigenvalue weighted by Gasteiger charge is -2.42. The zero-order valence-electron chi connectivity index (χ0n) is 22.0. The van der Waals surface area contributed by atoms with E-state index in [1.54, 1.807) is 12.4 Å². The van der Waals surface area contributed by atoms with Gasteiger partial charge in [-0.05, 0) is 11.1 Å². The van der Waals surface area contributed by atoms with Crippen molar-refractivity contribution >= 4 is 18.4 Å². The van der Waals surface area contributed by atoms with Gasteiger partial charge in [-0.3, -0.25) is 14.8 Å². The summed E-state index contributed by atoms with van der Waals surface area (Å²) in [5, 5.41) is 51.4. The number of nitrogens with zero attached hydrogens (tertiary/aromatic N) is 2. The first kappa shape index (κ1) is 31.5. The van der Waals surface area contributed by atoms with Crippen molar-refractivity contribution in [3.05, 3.63) is 71.8 Å². The molecule has 0 amide bonds. The number of rotatable bonds is 14. The fraction of sp³-hybridized carbons (Fsp3) is 0.464. The van der Waals surface area contributed by atoms with Crippen LogP contribution in [-0.4, -0.2) is 119 Å². The van der Waals surface area contributed by atoms with Crippen molar-refractivity contribution in [3.63, 3.8) is 0 Å². The lowest BCUT2D eigenvalue weighted by molar-refractivity contribution is -0.322. The van der Waals surface area contributed by atoms with E-state index in [9.17, 15) is 30.3 Å². The number of benzene rings is 2. The summed E-state index contributed by atoms with van der Waals surface area (Å²) >= 11 is 0. The fourth-order valence-electron chi connectivity index (χ4n) is 4.00. The summed E-state index contributed by atoms with van der Waals surface area (Å²) in [6.45, 7) is -0.386. The van der Waals surface area contributed by atoms with Gasteiger partial charge in [-0.2, -0.15) is 0 Å². The van der Waals surface area contributed by atoms with E-state index in [2.05, 4.69) is 9.98 Å². The van der Waals surface area contributed by atoms with E-state index in [-0.39, 0.29) is 13.1 Å². The summed E-state index contributed by atoms with van der Waals surface area (Å²) in [5.74, 6) is -0.764. The zero-order valence-corrected chi connectivity index (χ0v) is 22.0. The zero-order chi connectivity index (χ0) is 28.9. The van der Waals surface area contributed by atoms with Gasteiger partial charge >= 0.3 is 5.97 Å². The second-order valence-corrected chi connectivity index (χ2v) is 9.08. The topological polar surface area (TPSA) is 180 Å². The molecular weight excluding hydrogens is 524 g/mol. The molecule has 1 aliphatic rings. The van der Waals surface area contributed by atoms with Crippen molar-refractivity contribution in [3.8, 4) is 0 Å². The summed E-state index contributed by atoms with van der Waals surface area (Å²) in [5.41, 5.74) is 1.63. The Morgan fingerprint density at radius 1 is 0.925 bits per heavy atom. The van der Waals surface area contributed by atoms with Crippen LogP contribution in [0, 0.1) is 0 Å². The number of carbonyl (C=O) groups is 1. The van der Waals surface area contributed by atoms with Gasteiger partial charge in [0.15, 0.2) is 18.7 Å². The third-order valence-electron chi connectivity index (χ3n) is 5.99. The molecular formula is C28H36N2O10. The lowest BCUT2D eigenvalue weighted by Crippen LogP contribution is -2.61. The normalized spacial score (nSPS) is 25.6. The number of ether oxygens (including phenoxy) is 4. The number of aliphatic imine (C=N–C) groups is 2. The number of aliphatic hydroxyl groups is 5. The highest BCUT2D eigenvalue weighted by molar-refractivity contribution is 5.79. The average Bonchev–Trinajstić information content (AvgIpc) is 2.95. The van der Waals surface area contributed by atoms with Crippen molar-refractivity contribution in [2.24, 2.45) is 9.98 Å². The fourth-order valence-corrected chi connectivity index (χ4v) is 4.00. The quantitative estimate of drug-likeness (QED) is 0.117. The maximum absolute atomic E-state index is 11.6. The van der Waals surface area contributed by atoms with Crippen LogP contribution in [0.15, 0.2) is 70.6 Å². The van der Waals surface area contributed by atoms with Crippen molar-refractivity contribution in [2.45, 2.75) is 56.1 Å². The Kier molecular flexibility index (Phi) is 12.8. The van der Waals surface area contributed by atoms with E-state index < -0.39 is 68.4 Å². The van der Waals surface area contributed by atoms with E-state index in [1.807, 2.05) is 60.7 Å². The van der Waals surface area contributed by atoms with Gasteiger partial charge < -0.3 is 44.5 Å². The van der Waals surface area contributed by atoms with E-state index in [0.717, 1.165) is 18.1 Å². The highest BCUT2D eigenvalue weighted by Gasteiger charge is 2.48. The van der Waals surface area contributed by atoms with Gasteiger partial charge in [0.25, 0.3) is 0 Å². The Labute approximate surface area is 232 Å². The molecule has 40 heavy (non-hydrogen) atoms. The van der Waals surface area contributed by atoms with Gasteiger partial charge in [-0.1, -0.05) is 60.7 Å². The minimum atomic E-state index is -1.65. The maximum atomic E-state index is 11.6. The highest BCUT2D eigenvalue weighted by Crippen LogP contribution is 2.26. The molecule has 8 atom stereocenters. The molecule has 0 aromatic heterocycles. The summed E-state index contributed by atoms with van der Waals surface area (Å²) in [6, 6.07) is 18.4. The second-order valence-electron chi connectivity index (χ2n) is 9.08. The molecule has 218 valence electrons. The lowest BCUT2D eigenvalue weighted by atomic mass is 9.99.